The Kier molecular flexibility index (Phi) is 19.1. The van der Waals surface area contributed by atoms with E-state index in [4.69, 9.17) is 19.2 Å². The van der Waals surface area contributed by atoms with Gasteiger partial charge in [0.1, 0.15) is 36.7 Å². The standard InChI is InChI=1S/C67H72FN9O14/c1-6-67(88)46-27-52-60-43(33-77(52)63(85)45(46)35-89-64(67)86)59-48(25-23-38-36(2)47(68)28-50(75-60)58(38)59)73-53(78)21-14-26-69-54(79)30-71-61(83)49(24-22-37-15-8-7-9-16-37)74-56(81)32-70-55(80)31-72-62(84)51(29-57(82)91-66(3,4)5)76-65(87)90-34-44-41-19-12-10-17-39(41)40-18-11-13-20-42(40)44/h7-13,15-20,27-28,44,48-49,51,88H,6,14,21-26,29-35H2,1-5H3,(H,69,79)(H,70,80)(H,71,83)(H,72,84)(H,73,78)(H,74,81)(H,76,87)/t48-,49-,51-,67-/m0/s1. The van der Waals surface area contributed by atoms with Crippen molar-refractivity contribution in [3.63, 3.8) is 0 Å². The molecule has 23 nitrogen and oxygen atoms in total. The van der Waals surface area contributed by atoms with E-state index in [1.54, 1.807) is 40.7 Å². The Bertz CT molecular complexity index is 3930. The van der Waals surface area contributed by atoms with Crippen molar-refractivity contribution in [1.82, 2.24) is 46.8 Å². The Hall–Kier alpha value is -9.84. The summed E-state index contributed by atoms with van der Waals surface area (Å²) in [5.74, 6) is -6.54. The van der Waals surface area contributed by atoms with Crippen LogP contribution in [0, 0.1) is 12.7 Å². The molecule has 4 aromatic carbocycles. The van der Waals surface area contributed by atoms with Crippen molar-refractivity contribution < 1.29 is 66.9 Å². The number of carbonyl (C=O) groups is 9. The van der Waals surface area contributed by atoms with Gasteiger partial charge in [-0.05, 0) is 117 Å². The third-order valence-corrected chi connectivity index (χ3v) is 16.9. The normalized spacial score (nSPS) is 16.5. The second kappa shape index (κ2) is 27.1. The first kappa shape index (κ1) is 64.2. The minimum Gasteiger partial charge on any atom is -0.460 e. The molecule has 0 bridgehead atoms. The summed E-state index contributed by atoms with van der Waals surface area (Å²) in [6, 6.07) is 24.3. The lowest BCUT2D eigenvalue weighted by molar-refractivity contribution is -0.172. The van der Waals surface area contributed by atoms with Crippen molar-refractivity contribution in [2.75, 3.05) is 32.8 Å². The van der Waals surface area contributed by atoms with Crippen molar-refractivity contribution in [2.45, 2.75) is 134 Å². The molecule has 6 aromatic rings. The maximum absolute atomic E-state index is 15.5. The summed E-state index contributed by atoms with van der Waals surface area (Å²) in [7, 11) is 0. The lowest BCUT2D eigenvalue weighted by Gasteiger charge is -2.31. The predicted molar refractivity (Wildman–Crippen MR) is 329 cm³/mol. The number of amides is 7. The zero-order valence-electron chi connectivity index (χ0n) is 51.1. The van der Waals surface area contributed by atoms with Gasteiger partial charge in [0.05, 0.1) is 61.1 Å². The highest BCUT2D eigenvalue weighted by Crippen LogP contribution is 2.47. The molecule has 0 radical (unpaired) electrons. The molecule has 2 aromatic heterocycles. The average molecular weight is 1250 g/mol. The predicted octanol–water partition coefficient (Wildman–Crippen LogP) is 4.63. The van der Waals surface area contributed by atoms with E-state index in [-0.39, 0.29) is 74.9 Å². The lowest BCUT2D eigenvalue weighted by atomic mass is 9.81. The largest absolute Gasteiger partial charge is 0.460 e. The Labute approximate surface area is 523 Å². The highest BCUT2D eigenvalue weighted by molar-refractivity contribution is 5.96. The van der Waals surface area contributed by atoms with Crippen molar-refractivity contribution in [2.24, 2.45) is 0 Å². The second-order valence-electron chi connectivity index (χ2n) is 24.1. The third-order valence-electron chi connectivity index (χ3n) is 16.9. The Morgan fingerprint density at radius 3 is 2.12 bits per heavy atom. The van der Waals surface area contributed by atoms with E-state index < -0.39 is 114 Å². The summed E-state index contributed by atoms with van der Waals surface area (Å²) in [6.45, 7) is 6.16. The van der Waals surface area contributed by atoms with Crippen LogP contribution in [0.1, 0.15) is 128 Å². The maximum Gasteiger partial charge on any atom is 0.407 e. The van der Waals surface area contributed by atoms with E-state index >= 15 is 4.39 Å². The van der Waals surface area contributed by atoms with Gasteiger partial charge in [0, 0.05) is 41.5 Å². The molecule has 8 N–H and O–H groups in total. The number of alkyl carbamates (subject to hydrolysis) is 1. The van der Waals surface area contributed by atoms with Crippen LogP contribution >= 0.6 is 0 Å². The summed E-state index contributed by atoms with van der Waals surface area (Å²) < 4.78 is 33.2. The number of ether oxygens (including phenoxy) is 3. The molecule has 4 atom stereocenters. The molecule has 24 heteroatoms. The van der Waals surface area contributed by atoms with Crippen LogP contribution in [-0.4, -0.2) is 119 Å². The van der Waals surface area contributed by atoms with Gasteiger partial charge in [0.25, 0.3) is 5.56 Å². The van der Waals surface area contributed by atoms with Gasteiger partial charge in [-0.25, -0.2) is 19.0 Å². The van der Waals surface area contributed by atoms with Crippen LogP contribution in [0.25, 0.3) is 33.4 Å². The number of aromatic nitrogens is 2. The number of halogens is 1. The fraction of sp³-hybridized carbons (Fsp3) is 0.388. The van der Waals surface area contributed by atoms with E-state index in [9.17, 15) is 53.1 Å². The van der Waals surface area contributed by atoms with Crippen molar-refractivity contribution in [3.05, 3.63) is 157 Å². The Morgan fingerprint density at radius 2 is 1.44 bits per heavy atom. The van der Waals surface area contributed by atoms with Gasteiger partial charge in [0.15, 0.2) is 5.60 Å². The molecule has 0 saturated heterocycles. The molecule has 91 heavy (non-hydrogen) atoms. The number of aryl methyl sites for hydroxylation is 2. The van der Waals surface area contributed by atoms with Gasteiger partial charge in [-0.3, -0.25) is 38.4 Å². The molecular weight excluding hydrogens is 1170 g/mol. The highest BCUT2D eigenvalue weighted by Gasteiger charge is 2.46. The SMILES string of the molecule is CC[C@@]1(O)C(=O)OCc2c1cc1n(c2=O)Cc2c-1nc1cc(F)c(C)c3c1c2[C@@H](NC(=O)CCCNC(=O)CNC(=O)[C@H](CCc1ccccc1)NC(=O)CNC(=O)CNC(=O)[C@H](CC(=O)OC(C)(C)C)NC(=O)OCC1c2ccccc2-c2ccccc21)CC3. The van der Waals surface area contributed by atoms with Crippen LogP contribution in [0.15, 0.2) is 95.8 Å². The molecule has 0 fully saturated rings. The maximum atomic E-state index is 15.5. The Morgan fingerprint density at radius 1 is 0.791 bits per heavy atom. The molecule has 7 amide bonds. The number of fused-ring (bicyclic) bond motifs is 8. The molecule has 0 saturated carbocycles. The molecule has 476 valence electrons. The summed E-state index contributed by atoms with van der Waals surface area (Å²) >= 11 is 0. The molecule has 10 rings (SSSR count). The molecule has 4 heterocycles. The van der Waals surface area contributed by atoms with E-state index in [2.05, 4.69) is 37.2 Å². The van der Waals surface area contributed by atoms with Gasteiger partial charge in [-0.2, -0.15) is 0 Å². The highest BCUT2D eigenvalue weighted by atomic mass is 19.1. The molecular formula is C67H72FN9O14. The summed E-state index contributed by atoms with van der Waals surface area (Å²) in [5.41, 5.74) is 5.22. The number of esters is 2. The van der Waals surface area contributed by atoms with Crippen LogP contribution in [0.4, 0.5) is 9.18 Å². The molecule has 0 unspecified atom stereocenters. The van der Waals surface area contributed by atoms with Gasteiger partial charge < -0.3 is 61.1 Å². The number of cyclic esters (lactones) is 1. The average Bonchev–Trinajstić information content (AvgIpc) is 1.63. The number of rotatable bonds is 23. The fourth-order valence-electron chi connectivity index (χ4n) is 12.3. The minimum atomic E-state index is -2.05. The molecule has 0 spiro atoms. The summed E-state index contributed by atoms with van der Waals surface area (Å²) in [4.78, 5) is 138. The van der Waals surface area contributed by atoms with E-state index in [0.717, 1.165) is 33.4 Å². The number of nitrogens with zero attached hydrogens (tertiary/aromatic N) is 2. The number of pyridine rings is 2. The van der Waals surface area contributed by atoms with E-state index in [1.165, 1.54) is 10.6 Å². The lowest BCUT2D eigenvalue weighted by Crippen LogP contribution is -2.52. The number of benzene rings is 4. The molecule has 4 aliphatic rings. The van der Waals surface area contributed by atoms with Crippen LogP contribution in [0.2, 0.25) is 0 Å². The number of aliphatic hydroxyl groups is 1. The number of nitrogens with one attached hydrogen (secondary N) is 7. The quantitative estimate of drug-likeness (QED) is 0.0246. The van der Waals surface area contributed by atoms with Crippen LogP contribution in [-0.2, 0) is 84.2 Å². The van der Waals surface area contributed by atoms with Crippen LogP contribution in [0.5, 0.6) is 0 Å². The van der Waals surface area contributed by atoms with E-state index in [1.807, 2.05) is 78.9 Å². The smallest absolute Gasteiger partial charge is 0.407 e. The third kappa shape index (κ3) is 14.1. The first-order chi connectivity index (χ1) is 43.5. The second-order valence-corrected chi connectivity index (χ2v) is 24.1. The van der Waals surface area contributed by atoms with Crippen molar-refractivity contribution >= 4 is 64.4 Å². The number of carbonyl (C=O) groups excluding carboxylic acids is 9. The van der Waals surface area contributed by atoms with E-state index in [0.29, 0.717) is 58.2 Å². The first-order valence-electron chi connectivity index (χ1n) is 30.4. The van der Waals surface area contributed by atoms with Crippen molar-refractivity contribution in [1.29, 1.82) is 0 Å². The zero-order chi connectivity index (χ0) is 64.9. The molecule has 2 aliphatic heterocycles. The van der Waals surface area contributed by atoms with Gasteiger partial charge in [-0.1, -0.05) is 85.8 Å². The summed E-state index contributed by atoms with van der Waals surface area (Å²) in [6.07, 6.45) is -0.178. The Balaban J connectivity index is 0.701. The monoisotopic (exact) mass is 1250 g/mol. The first-order valence-corrected chi connectivity index (χ1v) is 30.4. The van der Waals surface area contributed by atoms with Crippen LogP contribution < -0.4 is 42.8 Å². The van der Waals surface area contributed by atoms with Gasteiger partial charge in [-0.15, -0.1) is 0 Å². The van der Waals surface area contributed by atoms with Gasteiger partial charge in [0.2, 0.25) is 35.4 Å². The van der Waals surface area contributed by atoms with Crippen molar-refractivity contribution in [3.8, 4) is 22.5 Å². The fourth-order valence-corrected chi connectivity index (χ4v) is 12.3. The minimum absolute atomic E-state index is 0.0170. The number of hydrogen-bond donors (Lipinski definition) is 8. The number of hydrogen-bond acceptors (Lipinski definition) is 15. The topological polar surface area (TPSA) is 321 Å². The summed E-state index contributed by atoms with van der Waals surface area (Å²) in [5, 5.41) is 30.3. The van der Waals surface area contributed by atoms with Gasteiger partial charge >= 0.3 is 18.0 Å². The zero-order valence-corrected chi connectivity index (χ0v) is 51.1. The molecule has 2 aliphatic carbocycles. The van der Waals surface area contributed by atoms with Crippen LogP contribution in [0.3, 0.4) is 0 Å².